The quantitative estimate of drug-likeness (QED) is 0.220. The number of benzene rings is 3. The SMILES string of the molecule is c1cc(-c2ccc(-c3ccc4nc(C5CCCN5)[nH]c4c3)c3c2C2(CCCC2)CC3)ccc1C1=NC(C2CCCN2)NC1. The number of hydrogen-bond donors (Lipinski definition) is 4. The van der Waals surface area contributed by atoms with Crippen LogP contribution < -0.4 is 16.0 Å². The first-order chi connectivity index (χ1) is 21.2. The topological polar surface area (TPSA) is 77.1 Å². The van der Waals surface area contributed by atoms with Crippen LogP contribution in [0.3, 0.4) is 0 Å². The van der Waals surface area contributed by atoms with Crippen LogP contribution in [0.1, 0.15) is 86.3 Å². The molecule has 3 unspecified atom stereocenters. The lowest BCUT2D eigenvalue weighted by atomic mass is 9.76. The third-order valence-electron chi connectivity index (χ3n) is 11.2. The van der Waals surface area contributed by atoms with E-state index in [1.165, 1.54) is 91.3 Å². The molecule has 6 nitrogen and oxygen atoms in total. The number of nitrogens with zero attached hydrogens (tertiary/aromatic N) is 2. The molecule has 0 bridgehead atoms. The first-order valence-electron chi connectivity index (χ1n) is 16.8. The fraction of sp³-hybridized carbons (Fsp3) is 0.459. The number of aromatic nitrogens is 2. The van der Waals surface area contributed by atoms with Crippen molar-refractivity contribution in [3.63, 3.8) is 0 Å². The molecule has 2 saturated heterocycles. The zero-order chi connectivity index (χ0) is 28.4. The third kappa shape index (κ3) is 4.41. The van der Waals surface area contributed by atoms with E-state index < -0.39 is 0 Å². The van der Waals surface area contributed by atoms with Crippen molar-refractivity contribution >= 4 is 16.7 Å². The summed E-state index contributed by atoms with van der Waals surface area (Å²) in [7, 11) is 0. The summed E-state index contributed by atoms with van der Waals surface area (Å²) in [5, 5.41) is 10.8. The summed E-state index contributed by atoms with van der Waals surface area (Å²) in [5.74, 6) is 1.09. The average Bonchev–Trinajstić information content (AvgIpc) is 3.89. The maximum atomic E-state index is 5.08. The Morgan fingerprint density at radius 3 is 2.33 bits per heavy atom. The molecule has 0 amide bonds. The van der Waals surface area contributed by atoms with Crippen molar-refractivity contribution in [3.8, 4) is 22.3 Å². The molecule has 4 N–H and O–H groups in total. The minimum absolute atomic E-state index is 0.210. The largest absolute Gasteiger partial charge is 0.341 e. The summed E-state index contributed by atoms with van der Waals surface area (Å²) in [6, 6.07) is 21.8. The molecule has 1 aromatic heterocycles. The van der Waals surface area contributed by atoms with Crippen molar-refractivity contribution in [1.29, 1.82) is 0 Å². The molecule has 1 saturated carbocycles. The van der Waals surface area contributed by atoms with Gasteiger partial charge in [0.2, 0.25) is 0 Å². The molecule has 4 heterocycles. The lowest BCUT2D eigenvalue weighted by Gasteiger charge is -2.28. The highest BCUT2D eigenvalue weighted by Crippen LogP contribution is 2.55. The number of imidazole rings is 1. The monoisotopic (exact) mass is 570 g/mol. The number of H-pyrrole nitrogens is 1. The predicted octanol–water partition coefficient (Wildman–Crippen LogP) is 6.55. The van der Waals surface area contributed by atoms with Gasteiger partial charge in [0.1, 0.15) is 12.0 Å². The second-order valence-electron chi connectivity index (χ2n) is 13.7. The van der Waals surface area contributed by atoms with Gasteiger partial charge in [-0.15, -0.1) is 0 Å². The number of aromatic amines is 1. The van der Waals surface area contributed by atoms with Gasteiger partial charge in [0.15, 0.2) is 0 Å². The third-order valence-corrected chi connectivity index (χ3v) is 11.2. The summed E-state index contributed by atoms with van der Waals surface area (Å²) in [5.41, 5.74) is 13.7. The first kappa shape index (κ1) is 26.1. The van der Waals surface area contributed by atoms with Gasteiger partial charge in [0.05, 0.1) is 22.8 Å². The lowest BCUT2D eigenvalue weighted by molar-refractivity contribution is 0.440. The van der Waals surface area contributed by atoms with Crippen LogP contribution in [0.4, 0.5) is 0 Å². The van der Waals surface area contributed by atoms with Gasteiger partial charge in [0.25, 0.3) is 0 Å². The molecule has 5 aliphatic rings. The van der Waals surface area contributed by atoms with Crippen molar-refractivity contribution in [3.05, 3.63) is 77.1 Å². The van der Waals surface area contributed by atoms with Gasteiger partial charge in [-0.2, -0.15) is 0 Å². The van der Waals surface area contributed by atoms with Crippen LogP contribution in [0, 0.1) is 0 Å². The Balaban J connectivity index is 1.07. The molecular weight excluding hydrogens is 528 g/mol. The normalized spacial score (nSPS) is 26.1. The fourth-order valence-electron chi connectivity index (χ4n) is 9.04. The van der Waals surface area contributed by atoms with Crippen LogP contribution in [-0.4, -0.2) is 47.5 Å². The van der Waals surface area contributed by atoms with E-state index >= 15 is 0 Å². The van der Waals surface area contributed by atoms with E-state index in [9.17, 15) is 0 Å². The van der Waals surface area contributed by atoms with Crippen LogP contribution in [0.25, 0.3) is 33.3 Å². The maximum absolute atomic E-state index is 5.08. The molecule has 2 aliphatic carbocycles. The van der Waals surface area contributed by atoms with E-state index in [-0.39, 0.29) is 6.17 Å². The number of nitrogens with one attached hydrogen (secondary N) is 4. The second kappa shape index (κ2) is 10.4. The van der Waals surface area contributed by atoms with Gasteiger partial charge in [-0.05, 0) is 121 Å². The average molecular weight is 571 g/mol. The van der Waals surface area contributed by atoms with Gasteiger partial charge < -0.3 is 15.6 Å². The highest BCUT2D eigenvalue weighted by Gasteiger charge is 2.43. The molecule has 220 valence electrons. The Hall–Kier alpha value is -3.32. The number of hydrogen-bond acceptors (Lipinski definition) is 5. The molecule has 0 radical (unpaired) electrons. The molecule has 4 aromatic rings. The van der Waals surface area contributed by atoms with Crippen LogP contribution in [0.2, 0.25) is 0 Å². The standard InChI is InChI=1S/C37H42N6/c1-2-17-37(16-1)18-15-28-26(25-11-14-29-32(21-25)42-36(41-29)31-6-4-20-39-31)12-13-27(34(28)37)23-7-9-24(10-8-23)33-22-40-35(43-33)30-5-3-19-38-30/h7-14,21,30-31,35,38-40H,1-6,15-20,22H2,(H,41,42). The minimum atomic E-state index is 0.210. The Bertz CT molecular complexity index is 1700. The van der Waals surface area contributed by atoms with Crippen molar-refractivity contribution in [2.45, 2.75) is 87.9 Å². The van der Waals surface area contributed by atoms with Crippen molar-refractivity contribution in [2.24, 2.45) is 4.99 Å². The van der Waals surface area contributed by atoms with E-state index in [1.54, 1.807) is 11.1 Å². The van der Waals surface area contributed by atoms with Crippen LogP contribution in [0.15, 0.2) is 59.6 Å². The van der Waals surface area contributed by atoms with Gasteiger partial charge in [-0.25, -0.2) is 4.98 Å². The molecule has 6 heteroatoms. The Labute approximate surface area is 254 Å². The molecule has 43 heavy (non-hydrogen) atoms. The van der Waals surface area contributed by atoms with Gasteiger partial charge in [-0.3, -0.25) is 10.3 Å². The molecule has 9 rings (SSSR count). The molecule has 1 spiro atoms. The van der Waals surface area contributed by atoms with Crippen LogP contribution >= 0.6 is 0 Å². The van der Waals surface area contributed by atoms with Crippen molar-refractivity contribution in [1.82, 2.24) is 25.9 Å². The minimum Gasteiger partial charge on any atom is -0.341 e. The number of aliphatic imine (C=N–C) groups is 1. The zero-order valence-corrected chi connectivity index (χ0v) is 25.0. The summed E-state index contributed by atoms with van der Waals surface area (Å²) >= 11 is 0. The molecule has 3 aromatic carbocycles. The van der Waals surface area contributed by atoms with E-state index in [2.05, 4.69) is 75.5 Å². The molecular formula is C37H42N6. The number of rotatable bonds is 5. The van der Waals surface area contributed by atoms with Gasteiger partial charge in [0, 0.05) is 12.6 Å². The van der Waals surface area contributed by atoms with Crippen molar-refractivity contribution < 1.29 is 0 Å². The predicted molar refractivity (Wildman–Crippen MR) is 175 cm³/mol. The molecule has 3 aliphatic heterocycles. The van der Waals surface area contributed by atoms with E-state index in [4.69, 9.17) is 9.98 Å². The summed E-state index contributed by atoms with van der Waals surface area (Å²) < 4.78 is 0. The van der Waals surface area contributed by atoms with E-state index in [0.29, 0.717) is 17.5 Å². The lowest BCUT2D eigenvalue weighted by Crippen LogP contribution is -2.40. The smallest absolute Gasteiger partial charge is 0.124 e. The summed E-state index contributed by atoms with van der Waals surface area (Å²) in [4.78, 5) is 13.7. The van der Waals surface area contributed by atoms with Crippen LogP contribution in [-0.2, 0) is 11.8 Å². The zero-order valence-electron chi connectivity index (χ0n) is 25.0. The van der Waals surface area contributed by atoms with Crippen molar-refractivity contribution in [2.75, 3.05) is 19.6 Å². The molecule has 3 atom stereocenters. The maximum Gasteiger partial charge on any atom is 0.124 e. The second-order valence-corrected chi connectivity index (χ2v) is 13.7. The first-order valence-corrected chi connectivity index (χ1v) is 16.8. The van der Waals surface area contributed by atoms with E-state index in [0.717, 1.165) is 42.9 Å². The highest BCUT2D eigenvalue weighted by molar-refractivity contribution is 6.03. The molecule has 3 fully saturated rings. The van der Waals surface area contributed by atoms with Gasteiger partial charge in [-0.1, -0.05) is 55.3 Å². The van der Waals surface area contributed by atoms with E-state index in [1.807, 2.05) is 0 Å². The Morgan fingerprint density at radius 2 is 1.51 bits per heavy atom. The Morgan fingerprint density at radius 1 is 0.721 bits per heavy atom. The van der Waals surface area contributed by atoms with Gasteiger partial charge >= 0.3 is 0 Å². The summed E-state index contributed by atoms with van der Waals surface area (Å²) in [6.07, 6.45) is 12.9. The van der Waals surface area contributed by atoms with Crippen LogP contribution in [0.5, 0.6) is 0 Å². The fourth-order valence-corrected chi connectivity index (χ4v) is 9.04. The highest BCUT2D eigenvalue weighted by atomic mass is 15.2. The number of fused-ring (bicyclic) bond motifs is 3. The Kier molecular flexibility index (Phi) is 6.31. The summed E-state index contributed by atoms with van der Waals surface area (Å²) in [6.45, 7) is 3.05.